The van der Waals surface area contributed by atoms with Gasteiger partial charge in [-0.15, -0.1) is 0 Å². The fraction of sp³-hybridized carbons (Fsp3) is 0.136. The number of aryl methyl sites for hydroxylation is 1. The van der Waals surface area contributed by atoms with Gasteiger partial charge >= 0.3 is 0 Å². The Kier molecular flexibility index (Phi) is 5.88. The standard InChI is InChI=1S/C22H22N2O2/c1-17-8-6-9-18(14-17)16-26-22-19(10-7-13-21(22)25-2)15-23-24-20-11-4-3-5-12-20/h3-15,24H,16H2,1-2H3/b23-15+. The number of nitrogens with one attached hydrogen (secondary N) is 1. The van der Waals surface area contributed by atoms with Crippen molar-refractivity contribution in [2.75, 3.05) is 12.5 Å². The lowest BCUT2D eigenvalue weighted by Gasteiger charge is -2.13. The molecule has 4 nitrogen and oxygen atoms in total. The van der Waals surface area contributed by atoms with Crippen LogP contribution in [0.3, 0.4) is 0 Å². The third kappa shape index (κ3) is 4.63. The molecule has 1 N–H and O–H groups in total. The molecule has 3 rings (SSSR count). The molecule has 0 aliphatic rings. The van der Waals surface area contributed by atoms with Crippen LogP contribution in [0.1, 0.15) is 16.7 Å². The van der Waals surface area contributed by atoms with Gasteiger partial charge in [0.1, 0.15) is 6.61 Å². The van der Waals surface area contributed by atoms with E-state index in [0.717, 1.165) is 16.8 Å². The quantitative estimate of drug-likeness (QED) is 0.482. The molecule has 26 heavy (non-hydrogen) atoms. The molecule has 3 aromatic rings. The number of benzene rings is 3. The molecule has 0 bridgehead atoms. The number of hydrogen-bond acceptors (Lipinski definition) is 4. The third-order valence-electron chi connectivity index (χ3n) is 3.87. The van der Waals surface area contributed by atoms with E-state index in [-0.39, 0.29) is 0 Å². The number of rotatable bonds is 7. The highest BCUT2D eigenvalue weighted by atomic mass is 16.5. The molecule has 0 heterocycles. The molecule has 0 aromatic heterocycles. The largest absolute Gasteiger partial charge is 0.493 e. The van der Waals surface area contributed by atoms with Crippen molar-refractivity contribution in [3.05, 3.63) is 89.5 Å². The van der Waals surface area contributed by atoms with Gasteiger partial charge < -0.3 is 9.47 Å². The number of nitrogens with zero attached hydrogens (tertiary/aromatic N) is 1. The normalized spacial score (nSPS) is 10.7. The van der Waals surface area contributed by atoms with E-state index >= 15 is 0 Å². The zero-order valence-electron chi connectivity index (χ0n) is 15.0. The predicted octanol–water partition coefficient (Wildman–Crippen LogP) is 5.03. The number of para-hydroxylation sites is 2. The van der Waals surface area contributed by atoms with Crippen molar-refractivity contribution < 1.29 is 9.47 Å². The molecule has 0 aliphatic carbocycles. The van der Waals surface area contributed by atoms with E-state index in [9.17, 15) is 0 Å². The highest BCUT2D eigenvalue weighted by Crippen LogP contribution is 2.31. The molecular formula is C22H22N2O2. The Balaban J connectivity index is 1.77. The zero-order valence-corrected chi connectivity index (χ0v) is 15.0. The van der Waals surface area contributed by atoms with E-state index < -0.39 is 0 Å². The van der Waals surface area contributed by atoms with E-state index in [1.54, 1.807) is 13.3 Å². The number of hydrogen-bond donors (Lipinski definition) is 1. The predicted molar refractivity (Wildman–Crippen MR) is 106 cm³/mol. The van der Waals surface area contributed by atoms with E-state index in [1.165, 1.54) is 5.56 Å². The van der Waals surface area contributed by atoms with Gasteiger partial charge in [0.05, 0.1) is 19.0 Å². The number of methoxy groups -OCH3 is 1. The van der Waals surface area contributed by atoms with Gasteiger partial charge in [0.15, 0.2) is 11.5 Å². The van der Waals surface area contributed by atoms with Gasteiger partial charge in [-0.1, -0.05) is 54.1 Å². The molecule has 0 aliphatic heterocycles. The van der Waals surface area contributed by atoms with E-state index in [4.69, 9.17) is 9.47 Å². The Bertz CT molecular complexity index is 876. The second kappa shape index (κ2) is 8.72. The van der Waals surface area contributed by atoms with Crippen molar-refractivity contribution in [3.63, 3.8) is 0 Å². The maximum absolute atomic E-state index is 6.06. The lowest BCUT2D eigenvalue weighted by Crippen LogP contribution is -2.01. The fourth-order valence-electron chi connectivity index (χ4n) is 2.60. The van der Waals surface area contributed by atoms with Gasteiger partial charge in [-0.25, -0.2) is 0 Å². The van der Waals surface area contributed by atoms with Crippen molar-refractivity contribution in [1.29, 1.82) is 0 Å². The Hall–Kier alpha value is -3.27. The molecule has 0 fully saturated rings. The minimum atomic E-state index is 0.467. The van der Waals surface area contributed by atoms with E-state index in [0.29, 0.717) is 18.1 Å². The molecule has 132 valence electrons. The summed E-state index contributed by atoms with van der Waals surface area (Å²) in [4.78, 5) is 0. The summed E-state index contributed by atoms with van der Waals surface area (Å²) in [6, 6.07) is 23.8. The van der Waals surface area contributed by atoms with Crippen LogP contribution >= 0.6 is 0 Å². The molecule has 0 saturated heterocycles. The van der Waals surface area contributed by atoms with Crippen LogP contribution < -0.4 is 14.9 Å². The van der Waals surface area contributed by atoms with Crippen LogP contribution in [0.4, 0.5) is 5.69 Å². The molecular weight excluding hydrogens is 324 g/mol. The van der Waals surface area contributed by atoms with Gasteiger partial charge in [0.2, 0.25) is 0 Å². The van der Waals surface area contributed by atoms with E-state index in [2.05, 4.69) is 29.6 Å². The minimum absolute atomic E-state index is 0.467. The van der Waals surface area contributed by atoms with Crippen molar-refractivity contribution >= 4 is 11.9 Å². The smallest absolute Gasteiger partial charge is 0.170 e. The second-order valence-corrected chi connectivity index (χ2v) is 5.89. The molecule has 0 spiro atoms. The van der Waals surface area contributed by atoms with Crippen molar-refractivity contribution in [2.45, 2.75) is 13.5 Å². The summed E-state index contributed by atoms with van der Waals surface area (Å²) in [6.45, 7) is 2.54. The highest BCUT2D eigenvalue weighted by Gasteiger charge is 2.09. The summed E-state index contributed by atoms with van der Waals surface area (Å²) >= 11 is 0. The molecule has 0 saturated carbocycles. The van der Waals surface area contributed by atoms with Gasteiger partial charge in [-0.2, -0.15) is 5.10 Å². The van der Waals surface area contributed by atoms with Crippen LogP contribution in [0.25, 0.3) is 0 Å². The molecule has 3 aromatic carbocycles. The molecule has 0 radical (unpaired) electrons. The Morgan fingerprint density at radius 1 is 0.962 bits per heavy atom. The lowest BCUT2D eigenvalue weighted by molar-refractivity contribution is 0.284. The van der Waals surface area contributed by atoms with Crippen LogP contribution in [-0.4, -0.2) is 13.3 Å². The molecule has 4 heteroatoms. The highest BCUT2D eigenvalue weighted by molar-refractivity contribution is 5.85. The maximum atomic E-state index is 6.06. The Labute approximate surface area is 154 Å². The van der Waals surface area contributed by atoms with Crippen LogP contribution in [0.15, 0.2) is 77.9 Å². The van der Waals surface area contributed by atoms with E-state index in [1.807, 2.05) is 60.7 Å². The third-order valence-corrected chi connectivity index (χ3v) is 3.87. The topological polar surface area (TPSA) is 42.8 Å². The lowest BCUT2D eigenvalue weighted by atomic mass is 10.1. The maximum Gasteiger partial charge on any atom is 0.170 e. The van der Waals surface area contributed by atoms with Crippen LogP contribution in [-0.2, 0) is 6.61 Å². The van der Waals surface area contributed by atoms with Crippen molar-refractivity contribution in [3.8, 4) is 11.5 Å². The SMILES string of the molecule is COc1cccc(/C=N/Nc2ccccc2)c1OCc1cccc(C)c1. The molecule has 0 atom stereocenters. The number of hydrazone groups is 1. The molecule has 0 amide bonds. The van der Waals surface area contributed by atoms with Gasteiger partial charge in [0, 0.05) is 5.56 Å². The fourth-order valence-corrected chi connectivity index (χ4v) is 2.60. The first kappa shape index (κ1) is 17.5. The van der Waals surface area contributed by atoms with Crippen LogP contribution in [0.2, 0.25) is 0 Å². The summed E-state index contributed by atoms with van der Waals surface area (Å²) in [5, 5.41) is 4.31. The van der Waals surface area contributed by atoms with Crippen LogP contribution in [0.5, 0.6) is 11.5 Å². The van der Waals surface area contributed by atoms with Crippen molar-refractivity contribution in [2.24, 2.45) is 5.10 Å². The molecule has 0 unspecified atom stereocenters. The summed E-state index contributed by atoms with van der Waals surface area (Å²) < 4.78 is 11.5. The Morgan fingerprint density at radius 3 is 2.54 bits per heavy atom. The minimum Gasteiger partial charge on any atom is -0.493 e. The zero-order chi connectivity index (χ0) is 18.2. The summed E-state index contributed by atoms with van der Waals surface area (Å²) in [6.07, 6.45) is 1.74. The van der Waals surface area contributed by atoms with Gasteiger partial charge in [-0.05, 0) is 36.8 Å². The van der Waals surface area contributed by atoms with Gasteiger partial charge in [-0.3, -0.25) is 5.43 Å². The first-order valence-electron chi connectivity index (χ1n) is 8.46. The average molecular weight is 346 g/mol. The first-order valence-corrected chi connectivity index (χ1v) is 8.46. The first-order chi connectivity index (χ1) is 12.8. The summed E-state index contributed by atoms with van der Waals surface area (Å²) in [5.41, 5.74) is 7.11. The average Bonchev–Trinajstić information content (AvgIpc) is 2.67. The summed E-state index contributed by atoms with van der Waals surface area (Å²) in [5.74, 6) is 1.36. The number of anilines is 1. The van der Waals surface area contributed by atoms with Gasteiger partial charge in [0.25, 0.3) is 0 Å². The second-order valence-electron chi connectivity index (χ2n) is 5.89. The summed E-state index contributed by atoms with van der Waals surface area (Å²) in [7, 11) is 1.64. The monoisotopic (exact) mass is 346 g/mol. The van der Waals surface area contributed by atoms with Crippen molar-refractivity contribution in [1.82, 2.24) is 0 Å². The Morgan fingerprint density at radius 2 is 1.77 bits per heavy atom. The van der Waals surface area contributed by atoms with Crippen LogP contribution in [0, 0.1) is 6.92 Å². The number of ether oxygens (including phenoxy) is 2.